The van der Waals surface area contributed by atoms with E-state index in [0.717, 1.165) is 31.2 Å². The maximum atomic E-state index is 13.1. The van der Waals surface area contributed by atoms with Crippen LogP contribution in [-0.4, -0.2) is 46.6 Å². The number of benzene rings is 1. The van der Waals surface area contributed by atoms with Crippen molar-refractivity contribution in [3.05, 3.63) is 29.8 Å². The molecule has 8 heteroatoms. The molecule has 1 aromatic rings. The van der Waals surface area contributed by atoms with Crippen molar-refractivity contribution >= 4 is 41.1 Å². The summed E-state index contributed by atoms with van der Waals surface area (Å²) in [6.45, 7) is 3.95. The molecule has 2 fully saturated rings. The van der Waals surface area contributed by atoms with E-state index >= 15 is 0 Å². The first kappa shape index (κ1) is 24.3. The van der Waals surface area contributed by atoms with Crippen molar-refractivity contribution < 1.29 is 19.2 Å². The first-order valence-corrected chi connectivity index (χ1v) is 12.8. The fourth-order valence-electron chi connectivity index (χ4n) is 4.40. The van der Waals surface area contributed by atoms with Gasteiger partial charge < -0.3 is 10.6 Å². The SMILES string of the molecule is CSCCC(C(=O)NCc1ccc(NC(=O)C(C)C)cc1)N1C(=O)C2CCCCC2C1=O. The standard InChI is InChI=1S/C24H33N3O4S/c1-15(2)21(28)26-17-10-8-16(9-11-17)14-25-22(29)20(12-13-32-3)27-23(30)18-6-4-5-7-19(18)24(27)31/h8-11,15,18-20H,4-7,12-14H2,1-3H3,(H,25,29)(H,26,28). The van der Waals surface area contributed by atoms with Crippen LogP contribution in [-0.2, 0) is 25.7 Å². The summed E-state index contributed by atoms with van der Waals surface area (Å²) in [6.07, 6.45) is 5.79. The number of nitrogens with one attached hydrogen (secondary N) is 2. The summed E-state index contributed by atoms with van der Waals surface area (Å²) in [5.74, 6) is -0.623. The van der Waals surface area contributed by atoms with Gasteiger partial charge in [-0.05, 0) is 49.0 Å². The van der Waals surface area contributed by atoms with Gasteiger partial charge in [0.25, 0.3) is 0 Å². The Morgan fingerprint density at radius 3 is 2.16 bits per heavy atom. The number of nitrogens with zero attached hydrogens (tertiary/aromatic N) is 1. The van der Waals surface area contributed by atoms with Crippen molar-refractivity contribution in [2.75, 3.05) is 17.3 Å². The summed E-state index contributed by atoms with van der Waals surface area (Å²) >= 11 is 1.59. The van der Waals surface area contributed by atoms with Crippen LogP contribution in [0.5, 0.6) is 0 Å². The molecule has 3 atom stereocenters. The number of imide groups is 1. The Balaban J connectivity index is 1.64. The third-order valence-corrected chi connectivity index (χ3v) is 6.94. The maximum Gasteiger partial charge on any atom is 0.243 e. The van der Waals surface area contributed by atoms with Crippen LogP contribution in [0, 0.1) is 17.8 Å². The Bertz CT molecular complexity index is 831. The molecule has 32 heavy (non-hydrogen) atoms. The summed E-state index contributed by atoms with van der Waals surface area (Å²) in [7, 11) is 0. The van der Waals surface area contributed by atoms with E-state index in [2.05, 4.69) is 10.6 Å². The second-order valence-electron chi connectivity index (χ2n) is 8.90. The molecule has 7 nitrogen and oxygen atoms in total. The smallest absolute Gasteiger partial charge is 0.243 e. The Hall–Kier alpha value is -2.35. The Morgan fingerprint density at radius 2 is 1.62 bits per heavy atom. The van der Waals surface area contributed by atoms with Gasteiger partial charge in [-0.1, -0.05) is 38.8 Å². The van der Waals surface area contributed by atoms with E-state index in [1.54, 1.807) is 23.9 Å². The minimum atomic E-state index is -0.766. The summed E-state index contributed by atoms with van der Waals surface area (Å²) in [5, 5.41) is 5.74. The molecule has 2 N–H and O–H groups in total. The van der Waals surface area contributed by atoms with E-state index in [1.165, 1.54) is 4.90 Å². The quantitative estimate of drug-likeness (QED) is 0.553. The molecular weight excluding hydrogens is 426 g/mol. The number of anilines is 1. The number of hydrogen-bond donors (Lipinski definition) is 2. The molecule has 1 aliphatic heterocycles. The fourth-order valence-corrected chi connectivity index (χ4v) is 4.86. The number of carbonyl (C=O) groups excluding carboxylic acids is 4. The van der Waals surface area contributed by atoms with Gasteiger partial charge in [0.15, 0.2) is 0 Å². The van der Waals surface area contributed by atoms with Gasteiger partial charge in [0.2, 0.25) is 23.6 Å². The molecular formula is C24H33N3O4S. The van der Waals surface area contributed by atoms with Crippen molar-refractivity contribution in [1.82, 2.24) is 10.2 Å². The van der Waals surface area contributed by atoms with Gasteiger partial charge in [0.1, 0.15) is 6.04 Å². The molecule has 2 aliphatic rings. The van der Waals surface area contributed by atoms with Gasteiger partial charge in [0.05, 0.1) is 11.8 Å². The molecule has 0 bridgehead atoms. The second kappa shape index (κ2) is 11.0. The van der Waals surface area contributed by atoms with Gasteiger partial charge in [-0.15, -0.1) is 0 Å². The van der Waals surface area contributed by atoms with Crippen LogP contribution < -0.4 is 10.6 Å². The van der Waals surface area contributed by atoms with E-state index in [1.807, 2.05) is 32.2 Å². The fraction of sp³-hybridized carbons (Fsp3) is 0.583. The topological polar surface area (TPSA) is 95.6 Å². The van der Waals surface area contributed by atoms with Crippen LogP contribution in [0.25, 0.3) is 0 Å². The third-order valence-electron chi connectivity index (χ3n) is 6.30. The van der Waals surface area contributed by atoms with Gasteiger partial charge in [0, 0.05) is 18.2 Å². The molecule has 1 aliphatic carbocycles. The highest BCUT2D eigenvalue weighted by molar-refractivity contribution is 7.98. The van der Waals surface area contributed by atoms with Crippen LogP contribution in [0.3, 0.4) is 0 Å². The number of likely N-dealkylation sites (tertiary alicyclic amines) is 1. The largest absolute Gasteiger partial charge is 0.350 e. The molecule has 1 saturated heterocycles. The highest BCUT2D eigenvalue weighted by Gasteiger charge is 2.51. The Kier molecular flexibility index (Phi) is 8.34. The second-order valence-corrected chi connectivity index (χ2v) is 9.89. The molecule has 4 amide bonds. The lowest BCUT2D eigenvalue weighted by atomic mass is 9.81. The van der Waals surface area contributed by atoms with Crippen LogP contribution in [0.1, 0.15) is 51.5 Å². The van der Waals surface area contributed by atoms with Gasteiger partial charge in [-0.3, -0.25) is 24.1 Å². The zero-order valence-electron chi connectivity index (χ0n) is 19.1. The molecule has 3 unspecified atom stereocenters. The number of hydrogen-bond acceptors (Lipinski definition) is 5. The molecule has 0 radical (unpaired) electrons. The van der Waals surface area contributed by atoms with Gasteiger partial charge in [-0.2, -0.15) is 11.8 Å². The monoisotopic (exact) mass is 459 g/mol. The van der Waals surface area contributed by atoms with Gasteiger partial charge in [-0.25, -0.2) is 0 Å². The lowest BCUT2D eigenvalue weighted by Gasteiger charge is -2.26. The van der Waals surface area contributed by atoms with Crippen LogP contribution in [0.15, 0.2) is 24.3 Å². The van der Waals surface area contributed by atoms with E-state index in [4.69, 9.17) is 0 Å². The number of amides is 4. The average molecular weight is 460 g/mol. The van der Waals surface area contributed by atoms with Crippen LogP contribution in [0.4, 0.5) is 5.69 Å². The predicted molar refractivity (Wildman–Crippen MR) is 126 cm³/mol. The summed E-state index contributed by atoms with van der Waals surface area (Å²) in [6, 6.07) is 6.51. The van der Waals surface area contributed by atoms with Crippen molar-refractivity contribution in [3.8, 4) is 0 Å². The number of thioether (sulfide) groups is 1. The van der Waals surface area contributed by atoms with E-state index in [0.29, 0.717) is 17.9 Å². The van der Waals surface area contributed by atoms with E-state index < -0.39 is 6.04 Å². The summed E-state index contributed by atoms with van der Waals surface area (Å²) in [5.41, 5.74) is 1.57. The van der Waals surface area contributed by atoms with Crippen LogP contribution >= 0.6 is 11.8 Å². The summed E-state index contributed by atoms with van der Waals surface area (Å²) in [4.78, 5) is 52.1. The van der Waals surface area contributed by atoms with Crippen molar-refractivity contribution in [3.63, 3.8) is 0 Å². The third kappa shape index (κ3) is 5.52. The lowest BCUT2D eigenvalue weighted by Crippen LogP contribution is -2.50. The Labute approximate surface area is 194 Å². The first-order valence-electron chi connectivity index (χ1n) is 11.4. The van der Waals surface area contributed by atoms with Crippen molar-refractivity contribution in [1.29, 1.82) is 0 Å². The lowest BCUT2D eigenvalue weighted by molar-refractivity contribution is -0.148. The molecule has 3 rings (SSSR count). The van der Waals surface area contributed by atoms with E-state index in [9.17, 15) is 19.2 Å². The maximum absolute atomic E-state index is 13.1. The first-order chi connectivity index (χ1) is 15.3. The Morgan fingerprint density at radius 1 is 1.03 bits per heavy atom. The predicted octanol–water partition coefficient (Wildman–Crippen LogP) is 3.19. The minimum absolute atomic E-state index is 0.0526. The molecule has 1 saturated carbocycles. The average Bonchev–Trinajstić information content (AvgIpc) is 3.04. The molecule has 0 spiro atoms. The number of rotatable bonds is 9. The zero-order valence-corrected chi connectivity index (χ0v) is 19.9. The zero-order chi connectivity index (χ0) is 23.3. The molecule has 0 aromatic heterocycles. The number of carbonyl (C=O) groups is 4. The normalized spacial score (nSPS) is 21.4. The summed E-state index contributed by atoms with van der Waals surface area (Å²) < 4.78 is 0. The molecule has 1 aromatic carbocycles. The molecule has 174 valence electrons. The van der Waals surface area contributed by atoms with Crippen LogP contribution in [0.2, 0.25) is 0 Å². The van der Waals surface area contributed by atoms with Gasteiger partial charge >= 0.3 is 0 Å². The highest BCUT2D eigenvalue weighted by Crippen LogP contribution is 2.39. The molecule has 1 heterocycles. The minimum Gasteiger partial charge on any atom is -0.350 e. The number of fused-ring (bicyclic) bond motifs is 1. The van der Waals surface area contributed by atoms with E-state index in [-0.39, 0.29) is 47.9 Å². The van der Waals surface area contributed by atoms with Crippen molar-refractivity contribution in [2.45, 2.75) is 58.5 Å². The van der Waals surface area contributed by atoms with Crippen molar-refractivity contribution in [2.24, 2.45) is 17.8 Å². The highest BCUT2D eigenvalue weighted by atomic mass is 32.2.